The zero-order chi connectivity index (χ0) is 10.7. The predicted molar refractivity (Wildman–Crippen MR) is 51.7 cm³/mol. The molecule has 1 aromatic rings. The van der Waals surface area contributed by atoms with E-state index in [2.05, 4.69) is 5.10 Å². The van der Waals surface area contributed by atoms with E-state index >= 15 is 0 Å². The van der Waals surface area contributed by atoms with E-state index in [0.717, 1.165) is 6.42 Å². The van der Waals surface area contributed by atoms with Crippen molar-refractivity contribution in [3.05, 3.63) is 17.5 Å². The molecule has 5 heteroatoms. The molecule has 0 saturated heterocycles. The molecule has 0 radical (unpaired) electrons. The van der Waals surface area contributed by atoms with Crippen molar-refractivity contribution in [3.8, 4) is 0 Å². The van der Waals surface area contributed by atoms with Crippen molar-refractivity contribution in [3.63, 3.8) is 0 Å². The molecule has 0 aromatic carbocycles. The van der Waals surface area contributed by atoms with Gasteiger partial charge in [-0.2, -0.15) is 5.10 Å². The Morgan fingerprint density at radius 1 is 1.57 bits per heavy atom. The molecule has 1 aromatic heterocycles. The van der Waals surface area contributed by atoms with Gasteiger partial charge >= 0.3 is 0 Å². The van der Waals surface area contributed by atoms with Crippen LogP contribution in [0.25, 0.3) is 0 Å². The maximum atomic E-state index is 12.7. The summed E-state index contributed by atoms with van der Waals surface area (Å²) in [4.78, 5) is 0. The summed E-state index contributed by atoms with van der Waals surface area (Å²) in [5.74, 6) is 0.0795. The first-order valence-electron chi connectivity index (χ1n) is 4.52. The first-order valence-corrected chi connectivity index (χ1v) is 5.05. The van der Waals surface area contributed by atoms with Gasteiger partial charge in [-0.05, 0) is 13.3 Å². The van der Waals surface area contributed by atoms with E-state index in [9.17, 15) is 8.78 Å². The smallest absolute Gasteiger partial charge is 0.261 e. The molecule has 1 atom stereocenters. The summed E-state index contributed by atoms with van der Waals surface area (Å²) >= 11 is 5.55. The number of halogens is 3. The fourth-order valence-electron chi connectivity index (χ4n) is 1.27. The van der Waals surface area contributed by atoms with Crippen LogP contribution in [-0.2, 0) is 5.88 Å². The highest BCUT2D eigenvalue weighted by molar-refractivity contribution is 6.17. The summed E-state index contributed by atoms with van der Waals surface area (Å²) in [5.41, 5.74) is 0.372. The minimum atomic E-state index is -2.51. The normalized spacial score (nSPS) is 13.6. The van der Waals surface area contributed by atoms with Gasteiger partial charge in [-0.3, -0.25) is 4.68 Å². The molecule has 0 spiro atoms. The average Bonchev–Trinajstić information content (AvgIpc) is 2.59. The Labute approximate surface area is 86.9 Å². The monoisotopic (exact) mass is 222 g/mol. The van der Waals surface area contributed by atoms with Gasteiger partial charge in [0.25, 0.3) is 6.43 Å². The summed E-state index contributed by atoms with van der Waals surface area (Å²) in [6.07, 6.45) is -0.329. The minimum absolute atomic E-state index is 0.0176. The summed E-state index contributed by atoms with van der Waals surface area (Å²) in [7, 11) is 0. The maximum absolute atomic E-state index is 12.7. The SMILES string of the molecule is CCC(C)n1ncc(CCl)c1C(F)F. The Bertz CT molecular complexity index is 299. The lowest BCUT2D eigenvalue weighted by Crippen LogP contribution is -2.10. The molecule has 0 N–H and O–H groups in total. The van der Waals surface area contributed by atoms with Crippen LogP contribution >= 0.6 is 11.6 Å². The van der Waals surface area contributed by atoms with Gasteiger partial charge in [-0.15, -0.1) is 11.6 Å². The van der Waals surface area contributed by atoms with E-state index in [1.54, 1.807) is 0 Å². The van der Waals surface area contributed by atoms with Gasteiger partial charge < -0.3 is 0 Å². The molecule has 1 unspecified atom stereocenters. The molecular weight excluding hydrogens is 210 g/mol. The van der Waals surface area contributed by atoms with Gasteiger partial charge in [0.15, 0.2) is 0 Å². The van der Waals surface area contributed by atoms with E-state index in [0.29, 0.717) is 5.56 Å². The molecule has 1 heterocycles. The Kier molecular flexibility index (Phi) is 3.86. The van der Waals surface area contributed by atoms with E-state index in [4.69, 9.17) is 11.6 Å². The van der Waals surface area contributed by atoms with Crippen LogP contribution in [0.15, 0.2) is 6.20 Å². The topological polar surface area (TPSA) is 17.8 Å². The van der Waals surface area contributed by atoms with Crippen molar-refractivity contribution in [2.75, 3.05) is 0 Å². The molecule has 0 bridgehead atoms. The molecule has 0 aliphatic carbocycles. The van der Waals surface area contributed by atoms with Crippen LogP contribution in [0.5, 0.6) is 0 Å². The van der Waals surface area contributed by atoms with Crippen LogP contribution < -0.4 is 0 Å². The summed E-state index contributed by atoms with van der Waals surface area (Å²) in [6, 6.07) is -0.0176. The summed E-state index contributed by atoms with van der Waals surface area (Å²) in [5, 5.41) is 3.93. The van der Waals surface area contributed by atoms with Gasteiger partial charge in [0, 0.05) is 11.6 Å². The molecule has 14 heavy (non-hydrogen) atoms. The largest absolute Gasteiger partial charge is 0.280 e. The quantitative estimate of drug-likeness (QED) is 0.713. The van der Waals surface area contributed by atoms with Crippen molar-refractivity contribution < 1.29 is 8.78 Å². The fourth-order valence-corrected chi connectivity index (χ4v) is 1.48. The lowest BCUT2D eigenvalue weighted by molar-refractivity contribution is 0.135. The number of rotatable bonds is 4. The number of aromatic nitrogens is 2. The molecule has 1 rings (SSSR count). The van der Waals surface area contributed by atoms with Crippen LogP contribution in [-0.4, -0.2) is 9.78 Å². The van der Waals surface area contributed by atoms with E-state index in [1.165, 1.54) is 10.9 Å². The minimum Gasteiger partial charge on any atom is -0.261 e. The molecule has 0 amide bonds. The lowest BCUT2D eigenvalue weighted by atomic mass is 10.2. The number of alkyl halides is 3. The van der Waals surface area contributed by atoms with Crippen molar-refractivity contribution in [1.29, 1.82) is 0 Å². The van der Waals surface area contributed by atoms with Crippen molar-refractivity contribution >= 4 is 11.6 Å². The van der Waals surface area contributed by atoms with E-state index in [-0.39, 0.29) is 17.6 Å². The van der Waals surface area contributed by atoms with Gasteiger partial charge in [0.1, 0.15) is 5.69 Å². The molecule has 80 valence electrons. The van der Waals surface area contributed by atoms with Crippen LogP contribution in [0.3, 0.4) is 0 Å². The van der Waals surface area contributed by atoms with Gasteiger partial charge in [0.2, 0.25) is 0 Å². The Morgan fingerprint density at radius 3 is 2.64 bits per heavy atom. The predicted octanol–water partition coefficient (Wildman–Crippen LogP) is 3.53. The first kappa shape index (κ1) is 11.4. The number of hydrogen-bond donors (Lipinski definition) is 0. The molecule has 0 fully saturated rings. The van der Waals surface area contributed by atoms with Crippen LogP contribution in [0, 0.1) is 0 Å². The zero-order valence-corrected chi connectivity index (χ0v) is 8.93. The van der Waals surface area contributed by atoms with Crippen LogP contribution in [0.1, 0.15) is 44.0 Å². The van der Waals surface area contributed by atoms with Crippen molar-refractivity contribution in [2.45, 2.75) is 38.6 Å². The van der Waals surface area contributed by atoms with Gasteiger partial charge in [-0.1, -0.05) is 6.92 Å². The van der Waals surface area contributed by atoms with Gasteiger partial charge in [-0.25, -0.2) is 8.78 Å². The molecule has 0 saturated carbocycles. The highest BCUT2D eigenvalue weighted by atomic mass is 35.5. The zero-order valence-electron chi connectivity index (χ0n) is 8.17. The Balaban J connectivity index is 3.10. The number of hydrogen-bond acceptors (Lipinski definition) is 1. The Hall–Kier alpha value is -0.640. The maximum Gasteiger partial charge on any atom is 0.280 e. The second kappa shape index (κ2) is 4.73. The molecule has 2 nitrogen and oxygen atoms in total. The molecule has 0 aliphatic rings. The fraction of sp³-hybridized carbons (Fsp3) is 0.667. The van der Waals surface area contributed by atoms with Crippen molar-refractivity contribution in [2.24, 2.45) is 0 Å². The Morgan fingerprint density at radius 2 is 2.21 bits per heavy atom. The second-order valence-electron chi connectivity index (χ2n) is 3.19. The highest BCUT2D eigenvalue weighted by Crippen LogP contribution is 2.27. The first-order chi connectivity index (χ1) is 6.61. The van der Waals surface area contributed by atoms with Gasteiger partial charge in [0.05, 0.1) is 12.1 Å². The third kappa shape index (κ3) is 2.05. The third-order valence-electron chi connectivity index (χ3n) is 2.27. The molecule has 0 aliphatic heterocycles. The van der Waals surface area contributed by atoms with Crippen LogP contribution in [0.4, 0.5) is 8.78 Å². The van der Waals surface area contributed by atoms with Crippen LogP contribution in [0.2, 0.25) is 0 Å². The van der Waals surface area contributed by atoms with Crippen molar-refractivity contribution in [1.82, 2.24) is 9.78 Å². The second-order valence-corrected chi connectivity index (χ2v) is 3.46. The summed E-state index contributed by atoms with van der Waals surface area (Å²) in [6.45, 7) is 3.79. The lowest BCUT2D eigenvalue weighted by Gasteiger charge is -2.13. The third-order valence-corrected chi connectivity index (χ3v) is 2.56. The van der Waals surface area contributed by atoms with E-state index < -0.39 is 6.43 Å². The highest BCUT2D eigenvalue weighted by Gasteiger charge is 2.21. The van der Waals surface area contributed by atoms with E-state index in [1.807, 2.05) is 13.8 Å². The molecular formula is C9H13ClF2N2. The summed E-state index contributed by atoms with van der Waals surface area (Å²) < 4.78 is 26.7. The standard InChI is InChI=1S/C9H13ClF2N2/c1-3-6(2)14-8(9(11)12)7(4-10)5-13-14/h5-6,9H,3-4H2,1-2H3. The number of nitrogens with zero attached hydrogens (tertiary/aromatic N) is 2. The average molecular weight is 223 g/mol.